The fraction of sp³-hybridized carbons (Fsp3) is 0.500. The van der Waals surface area contributed by atoms with Gasteiger partial charge >= 0.3 is 0 Å². The number of methoxy groups -OCH3 is 3. The van der Waals surface area contributed by atoms with Crippen LogP contribution < -0.4 is 24.8 Å². The number of aromatic nitrogens is 1. The van der Waals surface area contributed by atoms with Crippen LogP contribution in [0.5, 0.6) is 17.2 Å². The van der Waals surface area contributed by atoms with Crippen molar-refractivity contribution in [3.63, 3.8) is 0 Å². The maximum atomic E-state index is 12.8. The molecule has 2 N–H and O–H groups in total. The topological polar surface area (TPSA) is 102 Å². The van der Waals surface area contributed by atoms with E-state index in [0.29, 0.717) is 41.0 Å². The molecule has 0 radical (unpaired) electrons. The maximum Gasteiger partial charge on any atom is 0.270 e. The van der Waals surface area contributed by atoms with Gasteiger partial charge in [0.15, 0.2) is 16.6 Å². The summed E-state index contributed by atoms with van der Waals surface area (Å²) >= 11 is 1.17. The molecule has 0 bridgehead atoms. The van der Waals surface area contributed by atoms with Crippen LogP contribution in [0.2, 0.25) is 0 Å². The minimum atomic E-state index is -0.436. The molecule has 32 heavy (non-hydrogen) atoms. The smallest absolute Gasteiger partial charge is 0.270 e. The Morgan fingerprint density at radius 2 is 1.56 bits per heavy atom. The number of anilines is 1. The Balaban J connectivity index is 2.04. The molecule has 0 spiro atoms. The predicted molar refractivity (Wildman–Crippen MR) is 125 cm³/mol. The van der Waals surface area contributed by atoms with Crippen LogP contribution in [0.3, 0.4) is 0 Å². The Labute approximate surface area is 193 Å². The SMILES string of the molecule is COc1cc(OC)c(C(=O)Nc2nc(C(=O)NCCN(C(C)C)C(C)C)cs2)cc1OC. The van der Waals surface area contributed by atoms with Gasteiger partial charge in [-0.1, -0.05) is 0 Å². The first kappa shape index (κ1) is 25.4. The minimum absolute atomic E-state index is 0.255. The Kier molecular flexibility index (Phi) is 9.27. The molecular formula is C22H32N4O5S. The van der Waals surface area contributed by atoms with E-state index in [4.69, 9.17) is 14.2 Å². The highest BCUT2D eigenvalue weighted by atomic mass is 32.1. The van der Waals surface area contributed by atoms with Crippen molar-refractivity contribution in [3.8, 4) is 17.2 Å². The Hall–Kier alpha value is -2.85. The van der Waals surface area contributed by atoms with Gasteiger partial charge in [0.05, 0.1) is 26.9 Å². The molecule has 1 aromatic carbocycles. The number of carbonyl (C=O) groups is 2. The highest BCUT2D eigenvalue weighted by Crippen LogP contribution is 2.35. The van der Waals surface area contributed by atoms with E-state index in [1.54, 1.807) is 11.4 Å². The zero-order valence-corrected chi connectivity index (χ0v) is 20.5. The minimum Gasteiger partial charge on any atom is -0.496 e. The molecule has 0 unspecified atom stereocenters. The lowest BCUT2D eigenvalue weighted by atomic mass is 10.1. The lowest BCUT2D eigenvalue weighted by molar-refractivity contribution is 0.0934. The van der Waals surface area contributed by atoms with E-state index in [-0.39, 0.29) is 17.2 Å². The number of thiazole rings is 1. The largest absolute Gasteiger partial charge is 0.496 e. The van der Waals surface area contributed by atoms with Gasteiger partial charge in [0.2, 0.25) is 0 Å². The van der Waals surface area contributed by atoms with E-state index in [1.807, 2.05) is 0 Å². The summed E-state index contributed by atoms with van der Waals surface area (Å²) in [7, 11) is 4.45. The molecule has 0 saturated heterocycles. The molecule has 9 nitrogen and oxygen atoms in total. The lowest BCUT2D eigenvalue weighted by Crippen LogP contribution is -2.42. The van der Waals surface area contributed by atoms with Gasteiger partial charge in [-0.05, 0) is 27.7 Å². The Morgan fingerprint density at radius 3 is 2.12 bits per heavy atom. The van der Waals surface area contributed by atoms with Crippen molar-refractivity contribution in [1.29, 1.82) is 0 Å². The number of nitrogens with one attached hydrogen (secondary N) is 2. The Morgan fingerprint density at radius 1 is 0.969 bits per heavy atom. The Bertz CT molecular complexity index is 921. The van der Waals surface area contributed by atoms with E-state index in [1.165, 1.54) is 38.7 Å². The molecule has 0 aliphatic rings. The molecule has 2 rings (SSSR count). The van der Waals surface area contributed by atoms with E-state index in [2.05, 4.69) is 48.2 Å². The van der Waals surface area contributed by atoms with Crippen molar-refractivity contribution >= 4 is 28.3 Å². The van der Waals surface area contributed by atoms with Crippen molar-refractivity contribution < 1.29 is 23.8 Å². The number of hydrogen-bond donors (Lipinski definition) is 2. The van der Waals surface area contributed by atoms with Gasteiger partial charge in [0.25, 0.3) is 11.8 Å². The van der Waals surface area contributed by atoms with Crippen LogP contribution in [0.25, 0.3) is 0 Å². The van der Waals surface area contributed by atoms with Crippen LogP contribution in [-0.4, -0.2) is 68.2 Å². The molecule has 0 aliphatic heterocycles. The third-order valence-electron chi connectivity index (χ3n) is 4.89. The summed E-state index contributed by atoms with van der Waals surface area (Å²) in [5.74, 6) is 0.457. The van der Waals surface area contributed by atoms with Crippen LogP contribution >= 0.6 is 11.3 Å². The molecule has 0 atom stereocenters. The van der Waals surface area contributed by atoms with Gasteiger partial charge < -0.3 is 19.5 Å². The molecular weight excluding hydrogens is 432 g/mol. The first-order valence-corrected chi connectivity index (χ1v) is 11.2. The number of nitrogens with zero attached hydrogens (tertiary/aromatic N) is 2. The fourth-order valence-electron chi connectivity index (χ4n) is 3.31. The van der Waals surface area contributed by atoms with Crippen LogP contribution in [-0.2, 0) is 0 Å². The fourth-order valence-corrected chi connectivity index (χ4v) is 3.99. The second-order valence-corrected chi connectivity index (χ2v) is 8.44. The van der Waals surface area contributed by atoms with Crippen LogP contribution in [0.4, 0.5) is 5.13 Å². The molecule has 0 saturated carbocycles. The molecule has 2 amide bonds. The van der Waals surface area contributed by atoms with E-state index < -0.39 is 5.91 Å². The van der Waals surface area contributed by atoms with E-state index >= 15 is 0 Å². The summed E-state index contributed by atoms with van der Waals surface area (Å²) in [4.78, 5) is 31.8. The van der Waals surface area contributed by atoms with Gasteiger partial charge in [0, 0.05) is 42.7 Å². The van der Waals surface area contributed by atoms with Crippen molar-refractivity contribution in [2.45, 2.75) is 39.8 Å². The average molecular weight is 465 g/mol. The molecule has 0 aliphatic carbocycles. The summed E-state index contributed by atoms with van der Waals surface area (Å²) < 4.78 is 15.8. The number of amides is 2. The summed E-state index contributed by atoms with van der Waals surface area (Å²) in [5.41, 5.74) is 0.513. The third-order valence-corrected chi connectivity index (χ3v) is 5.65. The number of carbonyl (C=O) groups excluding carboxylic acids is 2. The number of hydrogen-bond acceptors (Lipinski definition) is 8. The van der Waals surface area contributed by atoms with Crippen LogP contribution in [0.1, 0.15) is 48.5 Å². The van der Waals surface area contributed by atoms with Crippen molar-refractivity contribution in [2.24, 2.45) is 0 Å². The van der Waals surface area contributed by atoms with Gasteiger partial charge in [-0.15, -0.1) is 11.3 Å². The quantitative estimate of drug-likeness (QED) is 0.526. The summed E-state index contributed by atoms with van der Waals surface area (Å²) in [6, 6.07) is 3.89. The van der Waals surface area contributed by atoms with Crippen molar-refractivity contribution in [2.75, 3.05) is 39.7 Å². The monoisotopic (exact) mass is 464 g/mol. The number of benzene rings is 1. The van der Waals surface area contributed by atoms with Gasteiger partial charge in [0.1, 0.15) is 11.4 Å². The number of ether oxygens (including phenoxy) is 3. The van der Waals surface area contributed by atoms with Crippen LogP contribution in [0, 0.1) is 0 Å². The first-order valence-electron chi connectivity index (χ1n) is 10.3. The third kappa shape index (κ3) is 6.33. The zero-order chi connectivity index (χ0) is 23.8. The second kappa shape index (κ2) is 11.7. The van der Waals surface area contributed by atoms with E-state index in [9.17, 15) is 9.59 Å². The molecule has 10 heteroatoms. The predicted octanol–water partition coefficient (Wildman–Crippen LogP) is 3.27. The van der Waals surface area contributed by atoms with Gasteiger partial charge in [-0.3, -0.25) is 19.8 Å². The summed E-state index contributed by atoms with van der Waals surface area (Å²) in [6.45, 7) is 9.77. The van der Waals surface area contributed by atoms with Crippen LogP contribution in [0.15, 0.2) is 17.5 Å². The first-order chi connectivity index (χ1) is 15.2. The molecule has 176 valence electrons. The van der Waals surface area contributed by atoms with Gasteiger partial charge in [-0.25, -0.2) is 4.98 Å². The summed E-state index contributed by atoms with van der Waals surface area (Å²) in [5, 5.41) is 7.51. The standard InChI is InChI=1S/C22H32N4O5S/c1-13(2)26(14(3)4)9-8-23-21(28)16-12-32-22(24-16)25-20(27)15-10-18(30-6)19(31-7)11-17(15)29-5/h10-14H,8-9H2,1-7H3,(H,23,28)(H,24,25,27). The normalized spacial score (nSPS) is 11.1. The average Bonchev–Trinajstić information content (AvgIpc) is 3.23. The second-order valence-electron chi connectivity index (χ2n) is 7.58. The molecule has 1 heterocycles. The lowest BCUT2D eigenvalue weighted by Gasteiger charge is -2.30. The van der Waals surface area contributed by atoms with Crippen molar-refractivity contribution in [1.82, 2.24) is 15.2 Å². The maximum absolute atomic E-state index is 12.8. The molecule has 0 fully saturated rings. The van der Waals surface area contributed by atoms with Crippen molar-refractivity contribution in [3.05, 3.63) is 28.8 Å². The highest BCUT2D eigenvalue weighted by Gasteiger charge is 2.20. The molecule has 2 aromatic rings. The zero-order valence-electron chi connectivity index (χ0n) is 19.6. The van der Waals surface area contributed by atoms with Gasteiger partial charge in [-0.2, -0.15) is 0 Å². The number of rotatable bonds is 11. The molecule has 1 aromatic heterocycles. The summed E-state index contributed by atoms with van der Waals surface area (Å²) in [6.07, 6.45) is 0. The highest BCUT2D eigenvalue weighted by molar-refractivity contribution is 7.14. The van der Waals surface area contributed by atoms with E-state index in [0.717, 1.165) is 6.54 Å².